The zero-order chi connectivity index (χ0) is 14.5. The predicted molar refractivity (Wildman–Crippen MR) is 81.3 cm³/mol. The minimum atomic E-state index is -0.631. The summed E-state index contributed by atoms with van der Waals surface area (Å²) in [5.41, 5.74) is 7.84. The number of rotatable bonds is 4. The molecule has 2 N–H and O–H groups in total. The van der Waals surface area contributed by atoms with E-state index in [1.54, 1.807) is 11.9 Å². The third kappa shape index (κ3) is 3.59. The fourth-order valence-electron chi connectivity index (χ4n) is 1.98. The van der Waals surface area contributed by atoms with Crippen molar-refractivity contribution in [2.75, 3.05) is 7.05 Å². The molecular weight excluding hydrogens is 272 g/mol. The molecule has 0 unspecified atom stereocenters. The smallest absolute Gasteiger partial charge is 0.244 e. The molecule has 0 aliphatic rings. The summed E-state index contributed by atoms with van der Waals surface area (Å²) in [5.74, 6) is -0.105. The van der Waals surface area contributed by atoms with Crippen LogP contribution in [-0.4, -0.2) is 17.9 Å². The first-order valence-electron chi connectivity index (χ1n) is 6.38. The van der Waals surface area contributed by atoms with Crippen LogP contribution in [0.25, 0.3) is 0 Å². The monoisotopic (exact) mass is 288 g/mol. The summed E-state index contributed by atoms with van der Waals surface area (Å²) >= 11 is 5.84. The highest BCUT2D eigenvalue weighted by molar-refractivity contribution is 6.30. The van der Waals surface area contributed by atoms with Crippen molar-refractivity contribution in [3.63, 3.8) is 0 Å². The number of likely N-dealkylation sites (N-methyl/N-ethyl adjacent to an activating group) is 1. The summed E-state index contributed by atoms with van der Waals surface area (Å²) < 4.78 is 0. The fourth-order valence-corrected chi connectivity index (χ4v) is 2.11. The summed E-state index contributed by atoms with van der Waals surface area (Å²) in [7, 11) is 1.75. The lowest BCUT2D eigenvalue weighted by Crippen LogP contribution is -2.35. The Morgan fingerprint density at radius 3 is 2.35 bits per heavy atom. The van der Waals surface area contributed by atoms with Crippen molar-refractivity contribution in [2.45, 2.75) is 12.6 Å². The van der Waals surface area contributed by atoms with Crippen LogP contribution in [-0.2, 0) is 11.3 Å². The molecule has 1 atom stereocenters. The van der Waals surface area contributed by atoms with Crippen LogP contribution < -0.4 is 5.73 Å². The lowest BCUT2D eigenvalue weighted by molar-refractivity contribution is -0.131. The van der Waals surface area contributed by atoms with E-state index in [0.717, 1.165) is 11.1 Å². The van der Waals surface area contributed by atoms with Gasteiger partial charge in [-0.25, -0.2) is 0 Å². The van der Waals surface area contributed by atoms with Gasteiger partial charge >= 0.3 is 0 Å². The van der Waals surface area contributed by atoms with Crippen LogP contribution in [0, 0.1) is 0 Å². The van der Waals surface area contributed by atoms with Gasteiger partial charge in [0.05, 0.1) is 0 Å². The van der Waals surface area contributed by atoms with Crippen molar-refractivity contribution in [3.8, 4) is 0 Å². The zero-order valence-corrected chi connectivity index (χ0v) is 12.0. The number of hydrogen-bond donors (Lipinski definition) is 1. The molecule has 0 saturated heterocycles. The number of nitrogens with two attached hydrogens (primary N) is 1. The number of nitrogens with zero attached hydrogens (tertiary/aromatic N) is 1. The summed E-state index contributed by atoms with van der Waals surface area (Å²) in [4.78, 5) is 13.9. The summed E-state index contributed by atoms with van der Waals surface area (Å²) in [5, 5.41) is 0.684. The highest BCUT2D eigenvalue weighted by atomic mass is 35.5. The van der Waals surface area contributed by atoms with Gasteiger partial charge in [0.2, 0.25) is 5.91 Å². The van der Waals surface area contributed by atoms with E-state index in [4.69, 9.17) is 17.3 Å². The minimum absolute atomic E-state index is 0.105. The number of carbonyl (C=O) groups excluding carboxylic acids is 1. The number of carbonyl (C=O) groups is 1. The number of hydrogen-bond acceptors (Lipinski definition) is 2. The number of amides is 1. The standard InChI is InChI=1S/C16H17ClN2O/c1-19(11-12-7-9-14(17)10-8-12)16(20)15(18)13-5-3-2-4-6-13/h2-10,15H,11,18H2,1H3/t15-/m0/s1. The van der Waals surface area contributed by atoms with Crippen LogP contribution in [0.15, 0.2) is 54.6 Å². The Morgan fingerprint density at radius 2 is 1.75 bits per heavy atom. The first-order valence-corrected chi connectivity index (χ1v) is 6.75. The molecule has 2 aromatic carbocycles. The third-order valence-electron chi connectivity index (χ3n) is 3.13. The molecule has 0 saturated carbocycles. The van der Waals surface area contributed by atoms with E-state index >= 15 is 0 Å². The molecule has 0 radical (unpaired) electrons. The maximum Gasteiger partial charge on any atom is 0.244 e. The van der Waals surface area contributed by atoms with Gasteiger partial charge in [0, 0.05) is 18.6 Å². The minimum Gasteiger partial charge on any atom is -0.340 e. The van der Waals surface area contributed by atoms with E-state index in [2.05, 4.69) is 0 Å². The molecule has 104 valence electrons. The molecule has 2 aromatic rings. The molecule has 2 rings (SSSR count). The average Bonchev–Trinajstić information content (AvgIpc) is 2.49. The van der Waals surface area contributed by atoms with Gasteiger partial charge in [-0.15, -0.1) is 0 Å². The van der Waals surface area contributed by atoms with Crippen LogP contribution in [0.1, 0.15) is 17.2 Å². The molecule has 0 aliphatic carbocycles. The second kappa shape index (κ2) is 6.55. The van der Waals surface area contributed by atoms with Crippen molar-refractivity contribution in [3.05, 3.63) is 70.7 Å². The van der Waals surface area contributed by atoms with Gasteiger partial charge in [0.25, 0.3) is 0 Å². The quantitative estimate of drug-likeness (QED) is 0.940. The van der Waals surface area contributed by atoms with Gasteiger partial charge in [-0.2, -0.15) is 0 Å². The predicted octanol–water partition coefficient (Wildman–Crippen LogP) is 3.00. The Bertz CT molecular complexity index is 569. The molecular formula is C16H17ClN2O. The van der Waals surface area contributed by atoms with Gasteiger partial charge in [-0.3, -0.25) is 4.79 Å². The lowest BCUT2D eigenvalue weighted by Gasteiger charge is -2.21. The number of benzene rings is 2. The molecule has 0 bridgehead atoms. The van der Waals surface area contributed by atoms with E-state index < -0.39 is 6.04 Å². The lowest BCUT2D eigenvalue weighted by atomic mass is 10.1. The Labute approximate surface area is 124 Å². The van der Waals surface area contributed by atoms with Crippen LogP contribution in [0.5, 0.6) is 0 Å². The van der Waals surface area contributed by atoms with Crippen LogP contribution in [0.4, 0.5) is 0 Å². The van der Waals surface area contributed by atoms with Crippen molar-refractivity contribution in [1.82, 2.24) is 4.90 Å². The van der Waals surface area contributed by atoms with Crippen molar-refractivity contribution >= 4 is 17.5 Å². The van der Waals surface area contributed by atoms with Gasteiger partial charge in [-0.05, 0) is 23.3 Å². The maximum atomic E-state index is 12.3. The second-order valence-electron chi connectivity index (χ2n) is 4.71. The number of halogens is 1. The van der Waals surface area contributed by atoms with Gasteiger partial charge in [0.15, 0.2) is 0 Å². The fraction of sp³-hybridized carbons (Fsp3) is 0.188. The first kappa shape index (κ1) is 14.6. The molecule has 0 spiro atoms. The van der Waals surface area contributed by atoms with Crippen molar-refractivity contribution in [2.24, 2.45) is 5.73 Å². The Kier molecular flexibility index (Phi) is 4.77. The van der Waals surface area contributed by atoms with Crippen LogP contribution in [0.2, 0.25) is 5.02 Å². The molecule has 0 heterocycles. The molecule has 0 aliphatic heterocycles. The molecule has 3 nitrogen and oxygen atoms in total. The summed E-state index contributed by atoms with van der Waals surface area (Å²) in [6, 6.07) is 16.2. The molecule has 0 fully saturated rings. The van der Waals surface area contributed by atoms with Gasteiger partial charge in [0.1, 0.15) is 6.04 Å². The van der Waals surface area contributed by atoms with Crippen molar-refractivity contribution < 1.29 is 4.79 Å². The van der Waals surface area contributed by atoms with E-state index in [1.807, 2.05) is 54.6 Å². The highest BCUT2D eigenvalue weighted by Crippen LogP contribution is 2.15. The van der Waals surface area contributed by atoms with E-state index in [0.29, 0.717) is 11.6 Å². The summed E-state index contributed by atoms with van der Waals surface area (Å²) in [6.45, 7) is 0.510. The van der Waals surface area contributed by atoms with Gasteiger partial charge in [-0.1, -0.05) is 54.1 Å². The molecule has 1 amide bonds. The first-order chi connectivity index (χ1) is 9.58. The normalized spacial score (nSPS) is 11.9. The third-order valence-corrected chi connectivity index (χ3v) is 3.39. The average molecular weight is 289 g/mol. The van der Waals surface area contributed by atoms with Gasteiger partial charge < -0.3 is 10.6 Å². The van der Waals surface area contributed by atoms with Crippen LogP contribution >= 0.6 is 11.6 Å². The van der Waals surface area contributed by atoms with Crippen LogP contribution in [0.3, 0.4) is 0 Å². The highest BCUT2D eigenvalue weighted by Gasteiger charge is 2.19. The largest absolute Gasteiger partial charge is 0.340 e. The van der Waals surface area contributed by atoms with E-state index in [-0.39, 0.29) is 5.91 Å². The maximum absolute atomic E-state index is 12.3. The second-order valence-corrected chi connectivity index (χ2v) is 5.15. The topological polar surface area (TPSA) is 46.3 Å². The summed E-state index contributed by atoms with van der Waals surface area (Å²) in [6.07, 6.45) is 0. The molecule has 4 heteroatoms. The zero-order valence-electron chi connectivity index (χ0n) is 11.3. The Balaban J connectivity index is 2.03. The SMILES string of the molecule is CN(Cc1ccc(Cl)cc1)C(=O)[C@@H](N)c1ccccc1. The van der Waals surface area contributed by atoms with E-state index in [1.165, 1.54) is 0 Å². The molecule has 0 aromatic heterocycles. The molecule has 20 heavy (non-hydrogen) atoms. The Morgan fingerprint density at radius 1 is 1.15 bits per heavy atom. The van der Waals surface area contributed by atoms with Crippen molar-refractivity contribution in [1.29, 1.82) is 0 Å². The Hall–Kier alpha value is -1.84. The van der Waals surface area contributed by atoms with E-state index in [9.17, 15) is 4.79 Å².